The van der Waals surface area contributed by atoms with Crippen molar-refractivity contribution >= 4 is 0 Å². The van der Waals surface area contributed by atoms with Crippen molar-refractivity contribution < 1.29 is 9.84 Å². The van der Waals surface area contributed by atoms with Crippen LogP contribution in [0.25, 0.3) is 0 Å². The van der Waals surface area contributed by atoms with Crippen molar-refractivity contribution in [2.45, 2.75) is 62.8 Å². The Kier molecular flexibility index (Phi) is 6.32. The second-order valence-electron chi connectivity index (χ2n) is 8.10. The molecule has 25 heavy (non-hydrogen) atoms. The minimum atomic E-state index is -0.362. The average molecular weight is 344 g/mol. The summed E-state index contributed by atoms with van der Waals surface area (Å²) in [4.78, 5) is 0. The van der Waals surface area contributed by atoms with Crippen molar-refractivity contribution in [3.05, 3.63) is 47.5 Å². The van der Waals surface area contributed by atoms with Crippen molar-refractivity contribution in [1.29, 1.82) is 0 Å². The molecule has 0 amide bonds. The minimum absolute atomic E-state index is 0.104. The first-order valence-corrected chi connectivity index (χ1v) is 9.83. The maximum Gasteiger partial charge on any atom is 0.0644 e. The van der Waals surface area contributed by atoms with Crippen molar-refractivity contribution in [1.82, 2.24) is 0 Å². The van der Waals surface area contributed by atoms with E-state index >= 15 is 0 Å². The fourth-order valence-corrected chi connectivity index (χ4v) is 4.58. The van der Waals surface area contributed by atoms with Crippen LogP contribution in [-0.2, 0) is 17.6 Å². The number of hydrogen-bond acceptors (Lipinski definition) is 3. The Morgan fingerprint density at radius 3 is 2.96 bits per heavy atom. The maximum atomic E-state index is 9.49. The molecule has 2 aliphatic carbocycles. The van der Waals surface area contributed by atoms with Gasteiger partial charge in [-0.3, -0.25) is 0 Å². The summed E-state index contributed by atoms with van der Waals surface area (Å²) in [5, 5.41) is 9.49. The molecule has 1 fully saturated rings. The molecule has 0 heterocycles. The Morgan fingerprint density at radius 1 is 1.32 bits per heavy atom. The normalized spacial score (nSPS) is 28.7. The highest BCUT2D eigenvalue weighted by Gasteiger charge is 2.36. The molecular weight excluding hydrogens is 310 g/mol. The molecule has 3 nitrogen and oxygen atoms in total. The number of benzene rings is 1. The lowest BCUT2D eigenvalue weighted by Crippen LogP contribution is -2.40. The van der Waals surface area contributed by atoms with Gasteiger partial charge in [0, 0.05) is 12.1 Å². The number of aryl methyl sites for hydroxylation is 1. The SMILES string of the molecule is C=CCOCCCC1CCc2cc([C@H]3CC[C@](N)(CO)C3)ccc2C1. The molecule has 138 valence electrons. The van der Waals surface area contributed by atoms with Gasteiger partial charge in [0.2, 0.25) is 0 Å². The summed E-state index contributed by atoms with van der Waals surface area (Å²) in [5.41, 5.74) is 10.4. The summed E-state index contributed by atoms with van der Waals surface area (Å²) in [5.74, 6) is 1.31. The van der Waals surface area contributed by atoms with Crippen LogP contribution in [0.4, 0.5) is 0 Å². The third kappa shape index (κ3) is 4.72. The van der Waals surface area contributed by atoms with Crippen molar-refractivity contribution in [2.24, 2.45) is 11.7 Å². The Hall–Kier alpha value is -1.16. The van der Waals surface area contributed by atoms with Gasteiger partial charge in [-0.15, -0.1) is 6.58 Å². The van der Waals surface area contributed by atoms with Gasteiger partial charge in [-0.1, -0.05) is 24.3 Å². The Labute approximate surface area is 152 Å². The monoisotopic (exact) mass is 343 g/mol. The first-order valence-electron chi connectivity index (χ1n) is 9.83. The summed E-state index contributed by atoms with van der Waals surface area (Å²) >= 11 is 0. The highest BCUT2D eigenvalue weighted by atomic mass is 16.5. The van der Waals surface area contributed by atoms with Gasteiger partial charge in [-0.25, -0.2) is 0 Å². The second-order valence-corrected chi connectivity index (χ2v) is 8.10. The predicted molar refractivity (Wildman–Crippen MR) is 103 cm³/mol. The van der Waals surface area contributed by atoms with E-state index in [1.165, 1.54) is 42.4 Å². The summed E-state index contributed by atoms with van der Waals surface area (Å²) in [6.07, 6.45) is 10.9. The van der Waals surface area contributed by atoms with Gasteiger partial charge in [-0.05, 0) is 79.9 Å². The standard InChI is InChI=1S/C22H33NO2/c1-2-11-25-12-3-4-17-5-6-19-14-20(8-7-18(19)13-17)21-9-10-22(23,15-21)16-24/h2,7-8,14,17,21,24H,1,3-6,9-13,15-16,23H2/t17?,21-,22+/m0/s1. The molecule has 2 aliphatic rings. The van der Waals surface area contributed by atoms with Crippen LogP contribution < -0.4 is 5.73 Å². The van der Waals surface area contributed by atoms with Gasteiger partial charge in [-0.2, -0.15) is 0 Å². The molecule has 0 spiro atoms. The van der Waals surface area contributed by atoms with E-state index < -0.39 is 0 Å². The topological polar surface area (TPSA) is 55.5 Å². The molecule has 3 N–H and O–H groups in total. The lowest BCUT2D eigenvalue weighted by atomic mass is 9.80. The molecule has 0 bridgehead atoms. The maximum absolute atomic E-state index is 9.49. The first kappa shape index (κ1) is 18.6. The number of fused-ring (bicyclic) bond motifs is 1. The van der Waals surface area contributed by atoms with Gasteiger partial charge in [0.25, 0.3) is 0 Å². The smallest absolute Gasteiger partial charge is 0.0644 e. The van der Waals surface area contributed by atoms with Gasteiger partial charge < -0.3 is 15.6 Å². The Bertz CT molecular complexity index is 585. The van der Waals surface area contributed by atoms with E-state index in [0.717, 1.165) is 38.2 Å². The largest absolute Gasteiger partial charge is 0.394 e. The molecule has 1 saturated carbocycles. The van der Waals surface area contributed by atoms with Crippen LogP contribution >= 0.6 is 0 Å². The van der Waals surface area contributed by atoms with Gasteiger partial charge in [0.1, 0.15) is 0 Å². The third-order valence-electron chi connectivity index (χ3n) is 6.13. The van der Waals surface area contributed by atoms with Crippen LogP contribution in [0.2, 0.25) is 0 Å². The van der Waals surface area contributed by atoms with E-state index in [1.807, 2.05) is 6.08 Å². The van der Waals surface area contributed by atoms with Crippen molar-refractivity contribution in [3.8, 4) is 0 Å². The van der Waals surface area contributed by atoms with Crippen LogP contribution in [0.15, 0.2) is 30.9 Å². The zero-order chi connectivity index (χ0) is 17.7. The fourth-order valence-electron chi connectivity index (χ4n) is 4.58. The molecule has 3 rings (SSSR count). The average Bonchev–Trinajstić information content (AvgIpc) is 3.04. The first-order chi connectivity index (χ1) is 12.1. The number of aliphatic hydroxyl groups is 1. The Balaban J connectivity index is 1.54. The highest BCUT2D eigenvalue weighted by Crippen LogP contribution is 2.40. The van der Waals surface area contributed by atoms with Crippen LogP contribution in [-0.4, -0.2) is 30.5 Å². The molecule has 1 unspecified atom stereocenters. The van der Waals surface area contributed by atoms with Crippen molar-refractivity contribution in [3.63, 3.8) is 0 Å². The molecule has 1 aromatic rings. The predicted octanol–water partition coefficient (Wildman–Crippen LogP) is 3.73. The zero-order valence-electron chi connectivity index (χ0n) is 15.4. The molecular formula is C22H33NO2. The summed E-state index contributed by atoms with van der Waals surface area (Å²) < 4.78 is 5.50. The minimum Gasteiger partial charge on any atom is -0.394 e. The number of hydrogen-bond donors (Lipinski definition) is 2. The Morgan fingerprint density at radius 2 is 2.20 bits per heavy atom. The summed E-state index contributed by atoms with van der Waals surface area (Å²) in [6, 6.07) is 7.08. The van der Waals surface area contributed by atoms with Gasteiger partial charge in [0.15, 0.2) is 0 Å². The van der Waals surface area contributed by atoms with Gasteiger partial charge in [0.05, 0.1) is 13.2 Å². The van der Waals surface area contributed by atoms with Gasteiger partial charge >= 0.3 is 0 Å². The van der Waals surface area contributed by atoms with Crippen LogP contribution in [0.5, 0.6) is 0 Å². The van der Waals surface area contributed by atoms with E-state index in [1.54, 1.807) is 0 Å². The number of ether oxygens (including phenoxy) is 1. The number of aliphatic hydroxyl groups excluding tert-OH is 1. The second kappa shape index (κ2) is 8.48. The molecule has 0 radical (unpaired) electrons. The van der Waals surface area contributed by atoms with Crippen LogP contribution in [0.3, 0.4) is 0 Å². The van der Waals surface area contributed by atoms with E-state index in [4.69, 9.17) is 10.5 Å². The number of rotatable bonds is 8. The lowest BCUT2D eigenvalue weighted by Gasteiger charge is -2.26. The molecule has 0 aromatic heterocycles. The summed E-state index contributed by atoms with van der Waals surface area (Å²) in [7, 11) is 0. The van der Waals surface area contributed by atoms with Crippen LogP contribution in [0, 0.1) is 5.92 Å². The van der Waals surface area contributed by atoms with E-state index in [0.29, 0.717) is 12.5 Å². The molecule has 0 saturated heterocycles. The lowest BCUT2D eigenvalue weighted by molar-refractivity contribution is 0.152. The number of nitrogens with two attached hydrogens (primary N) is 1. The fraction of sp³-hybridized carbons (Fsp3) is 0.636. The molecule has 0 aliphatic heterocycles. The molecule has 3 atom stereocenters. The quantitative estimate of drug-likeness (QED) is 0.558. The molecule has 1 aromatic carbocycles. The van der Waals surface area contributed by atoms with Crippen molar-refractivity contribution in [2.75, 3.05) is 19.8 Å². The van der Waals surface area contributed by atoms with E-state index in [-0.39, 0.29) is 12.1 Å². The van der Waals surface area contributed by atoms with E-state index in [9.17, 15) is 5.11 Å². The highest BCUT2D eigenvalue weighted by molar-refractivity contribution is 5.36. The zero-order valence-corrected chi connectivity index (χ0v) is 15.4. The molecule has 3 heteroatoms. The third-order valence-corrected chi connectivity index (χ3v) is 6.13. The van der Waals surface area contributed by atoms with E-state index in [2.05, 4.69) is 24.8 Å². The summed E-state index contributed by atoms with van der Waals surface area (Å²) in [6.45, 7) is 5.29. The van der Waals surface area contributed by atoms with Crippen LogP contribution in [0.1, 0.15) is 61.1 Å².